The smallest absolute Gasteiger partial charge is 0.416 e. The number of alkyl halides is 6. The van der Waals surface area contributed by atoms with E-state index in [0.29, 0.717) is 25.3 Å². The molecule has 0 spiro atoms. The third kappa shape index (κ3) is 6.42. The van der Waals surface area contributed by atoms with Crippen LogP contribution in [0.5, 0.6) is 5.75 Å². The Hall–Kier alpha value is -2.26. The summed E-state index contributed by atoms with van der Waals surface area (Å²) in [5, 5.41) is 3.10. The third-order valence-electron chi connectivity index (χ3n) is 3.88. The second kappa shape index (κ2) is 9.29. The van der Waals surface area contributed by atoms with Crippen LogP contribution in [-0.2, 0) is 17.1 Å². The summed E-state index contributed by atoms with van der Waals surface area (Å²) in [5.41, 5.74) is -2.05. The third-order valence-corrected chi connectivity index (χ3v) is 3.88. The summed E-state index contributed by atoms with van der Waals surface area (Å²) in [4.78, 5) is 0. The zero-order valence-corrected chi connectivity index (χ0v) is 14.9. The molecule has 0 heterocycles. The summed E-state index contributed by atoms with van der Waals surface area (Å²) in [5.74, 6) is -0.503. The molecule has 1 atom stereocenters. The Kier molecular flexibility index (Phi) is 7.31. The lowest BCUT2D eigenvalue weighted by molar-refractivity contribution is -0.143. The predicted molar refractivity (Wildman–Crippen MR) is 91.0 cm³/mol. The summed E-state index contributed by atoms with van der Waals surface area (Å²) in [6.07, 6.45) is -9.84. The van der Waals surface area contributed by atoms with Gasteiger partial charge in [-0.15, -0.1) is 0 Å². The number of benzene rings is 2. The van der Waals surface area contributed by atoms with Gasteiger partial charge < -0.3 is 14.8 Å². The van der Waals surface area contributed by atoms with E-state index in [0.717, 1.165) is 5.56 Å². The molecule has 0 aliphatic heterocycles. The van der Waals surface area contributed by atoms with Crippen molar-refractivity contribution in [3.8, 4) is 5.75 Å². The van der Waals surface area contributed by atoms with Crippen molar-refractivity contribution in [1.29, 1.82) is 0 Å². The fraction of sp³-hybridized carbons (Fsp3) is 0.368. The van der Waals surface area contributed by atoms with Crippen molar-refractivity contribution >= 4 is 0 Å². The normalized spacial score (nSPS) is 13.4. The fourth-order valence-corrected chi connectivity index (χ4v) is 2.48. The molecular weight excluding hydrogens is 388 g/mol. The van der Waals surface area contributed by atoms with Gasteiger partial charge in [-0.25, -0.2) is 0 Å². The lowest BCUT2D eigenvalue weighted by atomic mass is 10.1. The van der Waals surface area contributed by atoms with E-state index in [9.17, 15) is 26.3 Å². The maximum absolute atomic E-state index is 13.0. The average molecular weight is 407 g/mol. The maximum atomic E-state index is 13.0. The van der Waals surface area contributed by atoms with Crippen molar-refractivity contribution in [1.82, 2.24) is 5.32 Å². The van der Waals surface area contributed by atoms with Gasteiger partial charge in [-0.05, 0) is 23.8 Å². The van der Waals surface area contributed by atoms with Crippen LogP contribution in [0.1, 0.15) is 22.7 Å². The minimum atomic E-state index is -4.92. The summed E-state index contributed by atoms with van der Waals surface area (Å²) in [6.45, 7) is 0.646. The molecule has 28 heavy (non-hydrogen) atoms. The molecule has 0 aliphatic carbocycles. The molecule has 0 aromatic heterocycles. The van der Waals surface area contributed by atoms with Crippen LogP contribution in [0.4, 0.5) is 26.3 Å². The first-order chi connectivity index (χ1) is 13.1. The lowest BCUT2D eigenvalue weighted by Crippen LogP contribution is -2.29. The molecule has 0 aliphatic rings. The van der Waals surface area contributed by atoms with E-state index in [4.69, 9.17) is 9.47 Å². The quantitative estimate of drug-likeness (QED) is 0.489. The lowest BCUT2D eigenvalue weighted by Gasteiger charge is -2.21. The summed E-state index contributed by atoms with van der Waals surface area (Å²) < 4.78 is 88.0. The van der Waals surface area contributed by atoms with Gasteiger partial charge in [0.2, 0.25) is 0 Å². The molecule has 154 valence electrons. The van der Waals surface area contributed by atoms with Crippen molar-refractivity contribution in [2.45, 2.75) is 18.4 Å². The van der Waals surface area contributed by atoms with Crippen LogP contribution < -0.4 is 10.1 Å². The van der Waals surface area contributed by atoms with Crippen molar-refractivity contribution in [2.75, 3.05) is 26.9 Å². The van der Waals surface area contributed by atoms with E-state index in [1.54, 1.807) is 30.3 Å². The molecule has 2 rings (SSSR count). The summed E-state index contributed by atoms with van der Waals surface area (Å²) in [7, 11) is 1.51. The van der Waals surface area contributed by atoms with Gasteiger partial charge in [0.15, 0.2) is 0 Å². The van der Waals surface area contributed by atoms with Gasteiger partial charge >= 0.3 is 12.4 Å². The summed E-state index contributed by atoms with van der Waals surface area (Å²) >= 11 is 0. The Morgan fingerprint density at radius 3 is 1.96 bits per heavy atom. The second-order valence-electron chi connectivity index (χ2n) is 5.96. The molecule has 1 N–H and O–H groups in total. The zero-order chi connectivity index (χ0) is 20.8. The van der Waals surface area contributed by atoms with Gasteiger partial charge in [0.25, 0.3) is 0 Å². The molecular formula is C19H19F6NO2. The van der Waals surface area contributed by atoms with Gasteiger partial charge in [-0.2, -0.15) is 26.3 Å². The van der Waals surface area contributed by atoms with Gasteiger partial charge in [0.1, 0.15) is 12.4 Å². The number of halogens is 6. The SMILES string of the molecule is COCCNC(COc1cc(C(F)(F)F)cc(C(F)(F)F)c1)c1ccccc1. The first-order valence-corrected chi connectivity index (χ1v) is 8.31. The maximum Gasteiger partial charge on any atom is 0.416 e. The van der Waals surface area contributed by atoms with Crippen LogP contribution >= 0.6 is 0 Å². The first-order valence-electron chi connectivity index (χ1n) is 8.31. The Morgan fingerprint density at radius 1 is 0.893 bits per heavy atom. The number of hydrogen-bond donors (Lipinski definition) is 1. The van der Waals surface area contributed by atoms with Gasteiger partial charge in [0, 0.05) is 13.7 Å². The number of ether oxygens (including phenoxy) is 2. The molecule has 0 saturated carbocycles. The Balaban J connectivity index is 2.24. The van der Waals surface area contributed by atoms with Crippen molar-refractivity contribution in [3.05, 3.63) is 65.2 Å². The molecule has 2 aromatic rings. The number of hydrogen-bond acceptors (Lipinski definition) is 3. The Bertz CT molecular complexity index is 714. The van der Waals surface area contributed by atoms with Crippen LogP contribution in [0.2, 0.25) is 0 Å². The van der Waals surface area contributed by atoms with Crippen LogP contribution in [0.25, 0.3) is 0 Å². The van der Waals surface area contributed by atoms with Crippen LogP contribution in [0, 0.1) is 0 Å². The standard InChI is InChI=1S/C19H19F6NO2/c1-27-8-7-26-17(13-5-3-2-4-6-13)12-28-16-10-14(18(20,21)22)9-15(11-16)19(23,24)25/h2-6,9-11,17,26H,7-8,12H2,1H3. The summed E-state index contributed by atoms with van der Waals surface area (Å²) in [6, 6.07) is 9.64. The monoisotopic (exact) mass is 407 g/mol. The largest absolute Gasteiger partial charge is 0.492 e. The number of nitrogens with one attached hydrogen (secondary N) is 1. The van der Waals surface area contributed by atoms with Crippen LogP contribution in [-0.4, -0.2) is 26.9 Å². The fourth-order valence-electron chi connectivity index (χ4n) is 2.48. The van der Waals surface area contributed by atoms with E-state index in [1.165, 1.54) is 7.11 Å². The van der Waals surface area contributed by atoms with Crippen molar-refractivity contribution < 1.29 is 35.8 Å². The molecule has 0 bridgehead atoms. The van der Waals surface area contributed by atoms with E-state index < -0.39 is 35.3 Å². The van der Waals surface area contributed by atoms with Crippen molar-refractivity contribution in [2.24, 2.45) is 0 Å². The molecule has 0 fully saturated rings. The van der Waals surface area contributed by atoms with Crippen LogP contribution in [0.3, 0.4) is 0 Å². The number of methoxy groups -OCH3 is 1. The van der Waals surface area contributed by atoms with Crippen molar-refractivity contribution in [3.63, 3.8) is 0 Å². The topological polar surface area (TPSA) is 30.5 Å². The second-order valence-corrected chi connectivity index (χ2v) is 5.96. The molecule has 0 saturated heterocycles. The molecule has 1 unspecified atom stereocenters. The zero-order valence-electron chi connectivity index (χ0n) is 14.9. The van der Waals surface area contributed by atoms with Crippen LogP contribution in [0.15, 0.2) is 48.5 Å². The number of rotatable bonds is 8. The molecule has 3 nitrogen and oxygen atoms in total. The molecule has 9 heteroatoms. The highest BCUT2D eigenvalue weighted by molar-refractivity contribution is 5.37. The highest BCUT2D eigenvalue weighted by Crippen LogP contribution is 2.38. The minimum absolute atomic E-state index is 0.0678. The predicted octanol–water partition coefficient (Wildman–Crippen LogP) is 5.08. The first kappa shape index (κ1) is 22.0. The van der Waals surface area contributed by atoms with Gasteiger partial charge in [0.05, 0.1) is 23.8 Å². The van der Waals surface area contributed by atoms with E-state index in [1.807, 2.05) is 0 Å². The van der Waals surface area contributed by atoms with E-state index >= 15 is 0 Å². The minimum Gasteiger partial charge on any atom is -0.492 e. The average Bonchev–Trinajstić information content (AvgIpc) is 2.63. The highest BCUT2D eigenvalue weighted by Gasteiger charge is 2.37. The van der Waals surface area contributed by atoms with E-state index in [2.05, 4.69) is 5.32 Å². The molecule has 0 radical (unpaired) electrons. The Morgan fingerprint density at radius 2 is 1.46 bits per heavy atom. The van der Waals surface area contributed by atoms with Gasteiger partial charge in [-0.1, -0.05) is 30.3 Å². The molecule has 2 aromatic carbocycles. The molecule has 0 amide bonds. The Labute approximate surface area is 158 Å². The highest BCUT2D eigenvalue weighted by atomic mass is 19.4. The van der Waals surface area contributed by atoms with Gasteiger partial charge in [-0.3, -0.25) is 0 Å². The van der Waals surface area contributed by atoms with E-state index in [-0.39, 0.29) is 12.7 Å².